The summed E-state index contributed by atoms with van der Waals surface area (Å²) >= 11 is 6.18. The van der Waals surface area contributed by atoms with Crippen LogP contribution >= 0.6 is 11.6 Å². The van der Waals surface area contributed by atoms with Crippen molar-refractivity contribution in [2.24, 2.45) is 0 Å². The highest BCUT2D eigenvalue weighted by molar-refractivity contribution is 6.21. The molecule has 2 saturated heterocycles. The third kappa shape index (κ3) is 2.34. The number of ether oxygens (including phenoxy) is 2. The summed E-state index contributed by atoms with van der Waals surface area (Å²) in [6.07, 6.45) is -1.87. The molecule has 0 saturated carbocycles. The van der Waals surface area contributed by atoms with Gasteiger partial charge in [0.2, 0.25) is 0 Å². The monoisotopic (exact) mass is 283 g/mol. The number of hydrogen-bond acceptors (Lipinski definition) is 4. The molecule has 3 rings (SSSR count). The van der Waals surface area contributed by atoms with Gasteiger partial charge >= 0.3 is 0 Å². The number of carbonyl (C=O) groups excluding carboxylic acids is 1. The van der Waals surface area contributed by atoms with Crippen LogP contribution in [-0.4, -0.2) is 47.5 Å². The maximum Gasteiger partial charge on any atom is 0.251 e. The summed E-state index contributed by atoms with van der Waals surface area (Å²) in [6.45, 7) is 0.298. The van der Waals surface area contributed by atoms with Gasteiger partial charge in [0.25, 0.3) is 5.91 Å². The SMILES string of the molecule is O=C(N[C@@H]1[C@H](O)[C@@H]2CO[C@@H](O2)[C@@H]1Cl)c1ccccc1. The second-order valence-electron chi connectivity index (χ2n) is 4.68. The molecule has 1 aromatic rings. The largest absolute Gasteiger partial charge is 0.388 e. The smallest absolute Gasteiger partial charge is 0.251 e. The number of halogens is 1. The van der Waals surface area contributed by atoms with E-state index in [1.807, 2.05) is 6.07 Å². The lowest BCUT2D eigenvalue weighted by Gasteiger charge is -2.35. The fourth-order valence-corrected chi connectivity index (χ4v) is 2.71. The van der Waals surface area contributed by atoms with Crippen LogP contribution in [0.1, 0.15) is 10.4 Å². The van der Waals surface area contributed by atoms with Gasteiger partial charge in [-0.25, -0.2) is 0 Å². The predicted octanol–water partition coefficient (Wildman–Crippen LogP) is 0.508. The molecule has 19 heavy (non-hydrogen) atoms. The van der Waals surface area contributed by atoms with E-state index >= 15 is 0 Å². The van der Waals surface area contributed by atoms with Gasteiger partial charge in [0.15, 0.2) is 6.29 Å². The first kappa shape index (κ1) is 12.9. The van der Waals surface area contributed by atoms with Gasteiger partial charge < -0.3 is 19.9 Å². The molecule has 1 aromatic carbocycles. The van der Waals surface area contributed by atoms with Gasteiger partial charge in [-0.05, 0) is 12.1 Å². The van der Waals surface area contributed by atoms with Crippen LogP contribution in [0, 0.1) is 0 Å². The van der Waals surface area contributed by atoms with E-state index in [9.17, 15) is 9.90 Å². The molecule has 2 aliphatic rings. The lowest BCUT2D eigenvalue weighted by molar-refractivity contribution is -0.127. The number of alkyl halides is 1. The van der Waals surface area contributed by atoms with E-state index in [0.29, 0.717) is 12.2 Å². The van der Waals surface area contributed by atoms with Crippen molar-refractivity contribution in [3.63, 3.8) is 0 Å². The molecule has 0 spiro atoms. The number of benzene rings is 1. The molecule has 5 nitrogen and oxygen atoms in total. The normalized spacial score (nSPS) is 37.1. The first-order chi connectivity index (χ1) is 9.16. The van der Waals surface area contributed by atoms with Crippen LogP contribution in [0.5, 0.6) is 0 Å². The fourth-order valence-electron chi connectivity index (χ4n) is 2.36. The number of fused-ring (bicyclic) bond motifs is 2. The fraction of sp³-hybridized carbons (Fsp3) is 0.462. The maximum atomic E-state index is 12.1. The van der Waals surface area contributed by atoms with E-state index in [2.05, 4.69) is 5.32 Å². The highest BCUT2D eigenvalue weighted by Gasteiger charge is 2.49. The molecule has 5 atom stereocenters. The summed E-state index contributed by atoms with van der Waals surface area (Å²) in [5, 5.41) is 12.3. The molecule has 0 radical (unpaired) electrons. The van der Waals surface area contributed by atoms with Crippen molar-refractivity contribution in [3.05, 3.63) is 35.9 Å². The number of hydrogen-bond donors (Lipinski definition) is 2. The Kier molecular flexibility index (Phi) is 3.45. The first-order valence-electron chi connectivity index (χ1n) is 6.12. The van der Waals surface area contributed by atoms with E-state index in [-0.39, 0.29) is 5.91 Å². The average molecular weight is 284 g/mol. The van der Waals surface area contributed by atoms with E-state index < -0.39 is 29.9 Å². The van der Waals surface area contributed by atoms with Crippen molar-refractivity contribution in [1.82, 2.24) is 5.32 Å². The molecule has 2 aliphatic heterocycles. The van der Waals surface area contributed by atoms with Gasteiger partial charge in [0.05, 0.1) is 12.6 Å². The van der Waals surface area contributed by atoms with Gasteiger partial charge in [-0.1, -0.05) is 18.2 Å². The van der Waals surface area contributed by atoms with Crippen molar-refractivity contribution in [2.45, 2.75) is 29.9 Å². The predicted molar refractivity (Wildman–Crippen MR) is 68.0 cm³/mol. The van der Waals surface area contributed by atoms with E-state index in [1.165, 1.54) is 0 Å². The quantitative estimate of drug-likeness (QED) is 0.776. The van der Waals surface area contributed by atoms with Gasteiger partial charge in [-0.15, -0.1) is 11.6 Å². The Morgan fingerprint density at radius 1 is 1.37 bits per heavy atom. The zero-order valence-electron chi connectivity index (χ0n) is 10.0. The number of amides is 1. The van der Waals surface area contributed by atoms with Crippen molar-refractivity contribution >= 4 is 17.5 Å². The van der Waals surface area contributed by atoms with Crippen molar-refractivity contribution in [3.8, 4) is 0 Å². The minimum atomic E-state index is -0.867. The van der Waals surface area contributed by atoms with Crippen molar-refractivity contribution < 1.29 is 19.4 Å². The summed E-state index contributed by atoms with van der Waals surface area (Å²) in [5.74, 6) is -0.267. The van der Waals surface area contributed by atoms with Gasteiger partial charge in [0.1, 0.15) is 17.6 Å². The Morgan fingerprint density at radius 3 is 2.84 bits per heavy atom. The number of carbonyl (C=O) groups is 1. The minimum Gasteiger partial charge on any atom is -0.388 e. The summed E-state index contributed by atoms with van der Waals surface area (Å²) in [5.41, 5.74) is 0.526. The second-order valence-corrected chi connectivity index (χ2v) is 5.18. The van der Waals surface area contributed by atoms with E-state index in [4.69, 9.17) is 21.1 Å². The molecule has 2 N–H and O–H groups in total. The molecule has 2 fully saturated rings. The number of nitrogens with one attached hydrogen (secondary N) is 1. The Bertz CT molecular complexity index is 453. The zero-order valence-corrected chi connectivity index (χ0v) is 10.8. The molecule has 102 valence electrons. The highest BCUT2D eigenvalue weighted by Crippen LogP contribution is 2.31. The van der Waals surface area contributed by atoms with Crippen LogP contribution in [0.15, 0.2) is 30.3 Å². The summed E-state index contributed by atoms with van der Waals surface area (Å²) in [7, 11) is 0. The third-order valence-electron chi connectivity index (χ3n) is 3.42. The lowest BCUT2D eigenvalue weighted by Crippen LogP contribution is -2.59. The molecule has 0 aliphatic carbocycles. The van der Waals surface area contributed by atoms with Crippen LogP contribution in [0.3, 0.4) is 0 Å². The number of aliphatic hydroxyl groups excluding tert-OH is 1. The van der Waals surface area contributed by atoms with Crippen LogP contribution in [0.4, 0.5) is 0 Å². The van der Waals surface area contributed by atoms with Gasteiger partial charge in [-0.3, -0.25) is 4.79 Å². The molecule has 2 heterocycles. The molecule has 6 heteroatoms. The number of rotatable bonds is 2. The lowest BCUT2D eigenvalue weighted by atomic mass is 9.99. The summed E-state index contributed by atoms with van der Waals surface area (Å²) in [4.78, 5) is 12.1. The highest BCUT2D eigenvalue weighted by atomic mass is 35.5. The summed E-state index contributed by atoms with van der Waals surface area (Å²) < 4.78 is 10.7. The van der Waals surface area contributed by atoms with Crippen LogP contribution in [-0.2, 0) is 9.47 Å². The van der Waals surface area contributed by atoms with Gasteiger partial charge in [-0.2, -0.15) is 0 Å². The average Bonchev–Trinajstić information content (AvgIpc) is 2.89. The maximum absolute atomic E-state index is 12.1. The topological polar surface area (TPSA) is 67.8 Å². The number of aliphatic hydroxyl groups is 1. The molecular formula is C13H14ClNO4. The Hall–Kier alpha value is -1.14. The minimum absolute atomic E-state index is 0.267. The van der Waals surface area contributed by atoms with E-state index in [1.54, 1.807) is 24.3 Å². The Labute approximate surface area is 115 Å². The standard InChI is InChI=1S/C13H14ClNO4/c14-9-10(11(16)8-6-18-13(9)19-8)15-12(17)7-4-2-1-3-5-7/h1-5,8-11,13,16H,6H2,(H,15,17)/t8-,9+,10-,11+,13-/m0/s1. The zero-order chi connectivity index (χ0) is 13.4. The van der Waals surface area contributed by atoms with Gasteiger partial charge in [0, 0.05) is 5.56 Å². The molecular weight excluding hydrogens is 270 g/mol. The van der Waals surface area contributed by atoms with Crippen molar-refractivity contribution in [2.75, 3.05) is 6.61 Å². The first-order valence-corrected chi connectivity index (χ1v) is 6.55. The van der Waals surface area contributed by atoms with Crippen LogP contribution < -0.4 is 5.32 Å². The van der Waals surface area contributed by atoms with Crippen LogP contribution in [0.25, 0.3) is 0 Å². The van der Waals surface area contributed by atoms with E-state index in [0.717, 1.165) is 0 Å². The van der Waals surface area contributed by atoms with Crippen molar-refractivity contribution in [1.29, 1.82) is 0 Å². The third-order valence-corrected chi connectivity index (χ3v) is 3.90. The Balaban J connectivity index is 1.74. The molecule has 2 bridgehead atoms. The summed E-state index contributed by atoms with van der Waals surface area (Å²) in [6, 6.07) is 8.21. The molecule has 0 aromatic heterocycles. The van der Waals surface area contributed by atoms with Crippen LogP contribution in [0.2, 0.25) is 0 Å². The Morgan fingerprint density at radius 2 is 2.11 bits per heavy atom. The second kappa shape index (κ2) is 5.09. The molecule has 0 unspecified atom stereocenters. The molecule has 1 amide bonds.